The van der Waals surface area contributed by atoms with Crippen molar-refractivity contribution in [2.75, 3.05) is 32.7 Å². The van der Waals surface area contributed by atoms with E-state index in [-0.39, 0.29) is 6.54 Å². The lowest BCUT2D eigenvalue weighted by Crippen LogP contribution is -2.43. The van der Waals surface area contributed by atoms with Crippen molar-refractivity contribution in [3.05, 3.63) is 35.0 Å². The van der Waals surface area contributed by atoms with E-state index in [9.17, 15) is 9.90 Å². The molecular formula is C19H27N3O2. The number of carboxylic acid groups (broad SMARTS) is 1. The number of carbonyl (C=O) groups is 1. The average molecular weight is 329 g/mol. The molecule has 0 spiro atoms. The summed E-state index contributed by atoms with van der Waals surface area (Å²) in [6.45, 7) is 9.72. The summed E-state index contributed by atoms with van der Waals surface area (Å²) in [6.07, 6.45) is 4.16. The maximum Gasteiger partial charge on any atom is 0.323 e. The van der Waals surface area contributed by atoms with Crippen LogP contribution in [0.4, 0.5) is 0 Å². The monoisotopic (exact) mass is 329 g/mol. The summed E-state index contributed by atoms with van der Waals surface area (Å²) >= 11 is 0. The van der Waals surface area contributed by atoms with E-state index in [0.29, 0.717) is 0 Å². The highest BCUT2D eigenvalue weighted by atomic mass is 16.4. The van der Waals surface area contributed by atoms with Gasteiger partial charge in [-0.25, -0.2) is 0 Å². The fourth-order valence-electron chi connectivity index (χ4n) is 3.78. The van der Waals surface area contributed by atoms with Crippen LogP contribution >= 0.6 is 0 Å². The first-order valence-corrected chi connectivity index (χ1v) is 8.79. The third-order valence-electron chi connectivity index (χ3n) is 4.94. The van der Waals surface area contributed by atoms with Gasteiger partial charge in [-0.05, 0) is 49.9 Å². The summed E-state index contributed by atoms with van der Waals surface area (Å²) in [7, 11) is 0. The van der Waals surface area contributed by atoms with Crippen molar-refractivity contribution in [3.8, 4) is 0 Å². The standard InChI is InChI=1S/C19H27N3O2/c1-14-5-6-15(2)19-18(14)16(12-22(19)13-17(23)24)4-3-9-21-10-7-20-8-11-21/h5-6,12,20H,3-4,7-11,13H2,1-2H3,(H,23,24). The Morgan fingerprint density at radius 1 is 1.21 bits per heavy atom. The van der Waals surface area contributed by atoms with Gasteiger partial charge in [-0.15, -0.1) is 0 Å². The van der Waals surface area contributed by atoms with Gasteiger partial charge in [-0.3, -0.25) is 4.79 Å². The molecule has 2 N–H and O–H groups in total. The number of aromatic nitrogens is 1. The Bertz CT molecular complexity index is 730. The molecule has 0 bridgehead atoms. The lowest BCUT2D eigenvalue weighted by atomic mass is 10.0. The summed E-state index contributed by atoms with van der Waals surface area (Å²) in [4.78, 5) is 13.7. The molecule has 0 saturated carbocycles. The Labute approximate surface area is 143 Å². The average Bonchev–Trinajstić information content (AvgIpc) is 2.91. The summed E-state index contributed by atoms with van der Waals surface area (Å²) in [5.74, 6) is -0.792. The Morgan fingerprint density at radius 2 is 1.92 bits per heavy atom. The van der Waals surface area contributed by atoms with Gasteiger partial charge in [0.2, 0.25) is 0 Å². The molecule has 1 aromatic heterocycles. The Kier molecular flexibility index (Phi) is 5.21. The number of hydrogen-bond donors (Lipinski definition) is 2. The summed E-state index contributed by atoms with van der Waals surface area (Å²) < 4.78 is 1.90. The van der Waals surface area contributed by atoms with Crippen LogP contribution in [-0.4, -0.2) is 53.3 Å². The fourth-order valence-corrected chi connectivity index (χ4v) is 3.78. The van der Waals surface area contributed by atoms with Crippen molar-refractivity contribution in [3.63, 3.8) is 0 Å². The van der Waals surface area contributed by atoms with Crippen molar-refractivity contribution in [1.82, 2.24) is 14.8 Å². The molecule has 0 unspecified atom stereocenters. The van der Waals surface area contributed by atoms with Gasteiger partial charge in [0, 0.05) is 37.8 Å². The number of nitrogens with zero attached hydrogens (tertiary/aromatic N) is 2. The molecule has 1 fully saturated rings. The number of aryl methyl sites for hydroxylation is 3. The number of rotatable bonds is 6. The van der Waals surface area contributed by atoms with E-state index in [0.717, 1.165) is 56.6 Å². The van der Waals surface area contributed by atoms with E-state index in [1.54, 1.807) is 0 Å². The van der Waals surface area contributed by atoms with Gasteiger partial charge in [-0.2, -0.15) is 0 Å². The molecule has 1 aromatic carbocycles. The predicted molar refractivity (Wildman–Crippen MR) is 96.7 cm³/mol. The molecule has 0 aliphatic carbocycles. The molecular weight excluding hydrogens is 302 g/mol. The number of aliphatic carboxylic acids is 1. The molecule has 3 rings (SSSR count). The normalized spacial score (nSPS) is 15.9. The topological polar surface area (TPSA) is 57.5 Å². The minimum Gasteiger partial charge on any atom is -0.480 e. The maximum atomic E-state index is 11.2. The van der Waals surface area contributed by atoms with Crippen LogP contribution in [0.15, 0.2) is 18.3 Å². The molecule has 0 radical (unpaired) electrons. The first-order valence-electron chi connectivity index (χ1n) is 8.79. The second-order valence-corrected chi connectivity index (χ2v) is 6.79. The smallest absolute Gasteiger partial charge is 0.323 e. The molecule has 2 aromatic rings. The van der Waals surface area contributed by atoms with Crippen molar-refractivity contribution in [1.29, 1.82) is 0 Å². The minimum atomic E-state index is -0.792. The molecule has 2 heterocycles. The van der Waals surface area contributed by atoms with Crippen molar-refractivity contribution < 1.29 is 9.90 Å². The molecule has 5 heteroatoms. The number of fused-ring (bicyclic) bond motifs is 1. The molecule has 1 aliphatic rings. The third kappa shape index (κ3) is 3.62. The van der Waals surface area contributed by atoms with Gasteiger partial charge in [0.05, 0.1) is 5.52 Å². The van der Waals surface area contributed by atoms with Gasteiger partial charge < -0.3 is 19.9 Å². The van der Waals surface area contributed by atoms with E-state index in [1.807, 2.05) is 4.57 Å². The minimum absolute atomic E-state index is 0.0264. The maximum absolute atomic E-state index is 11.2. The second-order valence-electron chi connectivity index (χ2n) is 6.79. The van der Waals surface area contributed by atoms with Crippen LogP contribution in [0.3, 0.4) is 0 Å². The van der Waals surface area contributed by atoms with E-state index >= 15 is 0 Å². The van der Waals surface area contributed by atoms with Gasteiger partial charge in [0.25, 0.3) is 0 Å². The molecule has 1 saturated heterocycles. The summed E-state index contributed by atoms with van der Waals surface area (Å²) in [6, 6.07) is 4.23. The van der Waals surface area contributed by atoms with E-state index in [4.69, 9.17) is 0 Å². The van der Waals surface area contributed by atoms with Gasteiger partial charge in [0.1, 0.15) is 6.54 Å². The van der Waals surface area contributed by atoms with Gasteiger partial charge >= 0.3 is 5.97 Å². The predicted octanol–water partition coefficient (Wildman–Crippen LogP) is 2.18. The summed E-state index contributed by atoms with van der Waals surface area (Å²) in [5, 5.41) is 13.8. The highest BCUT2D eigenvalue weighted by molar-refractivity contribution is 5.90. The number of piperazine rings is 1. The van der Waals surface area contributed by atoms with Crippen LogP contribution in [0, 0.1) is 13.8 Å². The third-order valence-corrected chi connectivity index (χ3v) is 4.94. The van der Waals surface area contributed by atoms with E-state index < -0.39 is 5.97 Å². The molecule has 24 heavy (non-hydrogen) atoms. The zero-order chi connectivity index (χ0) is 17.1. The van der Waals surface area contributed by atoms with Crippen molar-refractivity contribution in [2.24, 2.45) is 0 Å². The van der Waals surface area contributed by atoms with Crippen LogP contribution in [0.25, 0.3) is 10.9 Å². The Hall–Kier alpha value is -1.85. The van der Waals surface area contributed by atoms with Crippen LogP contribution in [0.5, 0.6) is 0 Å². The Morgan fingerprint density at radius 3 is 2.62 bits per heavy atom. The largest absolute Gasteiger partial charge is 0.480 e. The first kappa shape index (κ1) is 17.0. The van der Waals surface area contributed by atoms with Crippen LogP contribution in [0.2, 0.25) is 0 Å². The summed E-state index contributed by atoms with van der Waals surface area (Å²) in [5.41, 5.74) is 4.74. The fraction of sp³-hybridized carbons (Fsp3) is 0.526. The lowest BCUT2D eigenvalue weighted by Gasteiger charge is -2.27. The highest BCUT2D eigenvalue weighted by Crippen LogP contribution is 2.29. The number of hydrogen-bond acceptors (Lipinski definition) is 3. The molecule has 0 atom stereocenters. The molecule has 0 amide bonds. The van der Waals surface area contributed by atoms with E-state index in [2.05, 4.69) is 42.4 Å². The molecule has 130 valence electrons. The highest BCUT2D eigenvalue weighted by Gasteiger charge is 2.15. The van der Waals surface area contributed by atoms with Crippen molar-refractivity contribution >= 4 is 16.9 Å². The van der Waals surface area contributed by atoms with Crippen molar-refractivity contribution in [2.45, 2.75) is 33.2 Å². The number of nitrogens with one attached hydrogen (secondary N) is 1. The number of carboxylic acids is 1. The number of benzene rings is 1. The zero-order valence-corrected chi connectivity index (χ0v) is 14.6. The van der Waals surface area contributed by atoms with Gasteiger partial charge in [0.15, 0.2) is 0 Å². The SMILES string of the molecule is Cc1ccc(C)c2c1c(CCCN1CCNCC1)cn2CC(=O)O. The first-order chi connectivity index (χ1) is 11.6. The van der Waals surface area contributed by atoms with Crippen LogP contribution in [-0.2, 0) is 17.8 Å². The van der Waals surface area contributed by atoms with Crippen LogP contribution in [0.1, 0.15) is 23.1 Å². The molecule has 1 aliphatic heterocycles. The van der Waals surface area contributed by atoms with E-state index in [1.165, 1.54) is 16.5 Å². The second kappa shape index (κ2) is 7.36. The molecule has 5 nitrogen and oxygen atoms in total. The van der Waals surface area contributed by atoms with Gasteiger partial charge in [-0.1, -0.05) is 12.1 Å². The quantitative estimate of drug-likeness (QED) is 0.853. The lowest BCUT2D eigenvalue weighted by molar-refractivity contribution is -0.137. The zero-order valence-electron chi connectivity index (χ0n) is 14.6. The van der Waals surface area contributed by atoms with Crippen LogP contribution < -0.4 is 5.32 Å². The Balaban J connectivity index is 1.81.